The van der Waals surface area contributed by atoms with Gasteiger partial charge in [-0.1, -0.05) is 0 Å². The van der Waals surface area contributed by atoms with Crippen LogP contribution in [0, 0.1) is 0 Å². The second kappa shape index (κ2) is 11.2. The van der Waals surface area contributed by atoms with Crippen LogP contribution in [0.2, 0.25) is 0 Å². The summed E-state index contributed by atoms with van der Waals surface area (Å²) >= 11 is 7.68. The van der Waals surface area contributed by atoms with E-state index in [4.69, 9.17) is 10.8 Å². The maximum Gasteiger partial charge on any atom is 0.327 e. The van der Waals surface area contributed by atoms with Crippen molar-refractivity contribution in [3.05, 3.63) is 0 Å². The van der Waals surface area contributed by atoms with E-state index in [-0.39, 0.29) is 11.5 Å². The molecule has 0 fully saturated rings. The number of aliphatic hydroxyl groups is 1. The van der Waals surface area contributed by atoms with Gasteiger partial charge in [-0.3, -0.25) is 14.4 Å². The van der Waals surface area contributed by atoms with E-state index in [1.54, 1.807) is 0 Å². The first kappa shape index (κ1) is 23.5. The monoisotopic (exact) mass is 396 g/mol. The molecule has 0 radical (unpaired) electrons. The number of carbonyl (C=O) groups excluding carboxylic acids is 3. The third-order valence-corrected chi connectivity index (χ3v) is 3.90. The lowest BCUT2D eigenvalue weighted by Crippen LogP contribution is -2.59. The third kappa shape index (κ3) is 7.94. The topological polar surface area (TPSA) is 171 Å². The summed E-state index contributed by atoms with van der Waals surface area (Å²) in [4.78, 5) is 46.7. The van der Waals surface area contributed by atoms with E-state index in [0.29, 0.717) is 0 Å². The number of carbonyl (C=O) groups is 4. The maximum absolute atomic E-state index is 12.2. The van der Waals surface area contributed by atoms with E-state index in [9.17, 15) is 24.3 Å². The first-order valence-electron chi connectivity index (χ1n) is 7.34. The fourth-order valence-electron chi connectivity index (χ4n) is 1.60. The van der Waals surface area contributed by atoms with E-state index in [1.807, 2.05) is 0 Å². The van der Waals surface area contributed by atoms with Gasteiger partial charge in [0.25, 0.3) is 0 Å². The molecule has 0 rings (SSSR count). The van der Waals surface area contributed by atoms with Gasteiger partial charge in [0, 0.05) is 11.5 Å². The number of thiol groups is 2. The Bertz CT molecular complexity index is 505. The highest BCUT2D eigenvalue weighted by atomic mass is 32.1. The molecular weight excluding hydrogens is 372 g/mol. The van der Waals surface area contributed by atoms with Gasteiger partial charge in [0.2, 0.25) is 17.7 Å². The molecule has 7 N–H and O–H groups in total. The number of hydrogen-bond acceptors (Lipinski definition) is 8. The molecule has 0 aromatic heterocycles. The predicted molar refractivity (Wildman–Crippen MR) is 96.5 cm³/mol. The van der Waals surface area contributed by atoms with Crippen molar-refractivity contribution in [2.24, 2.45) is 5.73 Å². The van der Waals surface area contributed by atoms with Crippen LogP contribution in [0.5, 0.6) is 0 Å². The highest BCUT2D eigenvalue weighted by Gasteiger charge is 2.30. The highest BCUT2D eigenvalue weighted by molar-refractivity contribution is 7.80. The van der Waals surface area contributed by atoms with E-state index in [1.165, 1.54) is 13.8 Å². The molecule has 0 aliphatic carbocycles. The molecule has 3 amide bonds. The van der Waals surface area contributed by atoms with Crippen LogP contribution in [0.3, 0.4) is 0 Å². The Morgan fingerprint density at radius 1 is 0.960 bits per heavy atom. The zero-order chi connectivity index (χ0) is 19.7. The SMILES string of the molecule is CC(NC(=O)C(NC(=O)C(N)CS)C(C)O)C(=O)NC(CS)C(=O)O. The van der Waals surface area contributed by atoms with Gasteiger partial charge in [0.1, 0.15) is 18.1 Å². The molecule has 0 aromatic rings. The van der Waals surface area contributed by atoms with Crippen molar-refractivity contribution in [1.29, 1.82) is 0 Å². The van der Waals surface area contributed by atoms with Crippen molar-refractivity contribution in [2.75, 3.05) is 11.5 Å². The molecule has 25 heavy (non-hydrogen) atoms. The number of carboxylic acid groups (broad SMARTS) is 1. The molecular formula is C13H24N4O6S2. The zero-order valence-electron chi connectivity index (χ0n) is 13.8. The number of nitrogens with one attached hydrogen (secondary N) is 3. The van der Waals surface area contributed by atoms with Crippen LogP contribution in [0.25, 0.3) is 0 Å². The fraction of sp³-hybridized carbons (Fsp3) is 0.692. The largest absolute Gasteiger partial charge is 0.480 e. The molecule has 5 unspecified atom stereocenters. The van der Waals surface area contributed by atoms with Gasteiger partial charge in [-0.2, -0.15) is 25.3 Å². The van der Waals surface area contributed by atoms with Crippen LogP contribution < -0.4 is 21.7 Å². The standard InChI is InChI=1S/C13H24N4O6S2/c1-5(10(19)16-8(4-25)13(22)23)15-12(21)9(6(2)18)17-11(20)7(14)3-24/h5-9,18,24-25H,3-4,14H2,1-2H3,(H,15,21)(H,16,19)(H,17,20)(H,22,23). The minimum atomic E-state index is -1.34. The number of nitrogens with two attached hydrogens (primary N) is 1. The van der Waals surface area contributed by atoms with Crippen molar-refractivity contribution >= 4 is 48.9 Å². The Morgan fingerprint density at radius 2 is 1.52 bits per heavy atom. The quantitative estimate of drug-likeness (QED) is 0.183. The van der Waals surface area contributed by atoms with Gasteiger partial charge < -0.3 is 31.9 Å². The average Bonchev–Trinajstić information content (AvgIpc) is 2.54. The van der Waals surface area contributed by atoms with Crippen molar-refractivity contribution in [1.82, 2.24) is 16.0 Å². The minimum Gasteiger partial charge on any atom is -0.480 e. The minimum absolute atomic E-state index is 0.0408. The molecule has 10 nitrogen and oxygen atoms in total. The van der Waals surface area contributed by atoms with Crippen molar-refractivity contribution in [3.8, 4) is 0 Å². The smallest absolute Gasteiger partial charge is 0.327 e. The lowest BCUT2D eigenvalue weighted by atomic mass is 10.1. The Hall–Kier alpha value is -1.50. The number of aliphatic hydroxyl groups excluding tert-OH is 1. The molecule has 0 aliphatic rings. The average molecular weight is 396 g/mol. The molecule has 0 bridgehead atoms. The number of hydrogen-bond donors (Lipinski definition) is 8. The van der Waals surface area contributed by atoms with Gasteiger partial charge in [0.05, 0.1) is 12.1 Å². The first-order valence-corrected chi connectivity index (χ1v) is 8.60. The van der Waals surface area contributed by atoms with Crippen LogP contribution in [-0.4, -0.2) is 75.7 Å². The van der Waals surface area contributed by atoms with Crippen LogP contribution in [-0.2, 0) is 19.2 Å². The lowest BCUT2D eigenvalue weighted by molar-refractivity contribution is -0.141. The van der Waals surface area contributed by atoms with Gasteiger partial charge in [-0.25, -0.2) is 4.79 Å². The Balaban J connectivity index is 4.86. The first-order chi connectivity index (χ1) is 11.5. The molecule has 0 saturated heterocycles. The molecule has 0 spiro atoms. The summed E-state index contributed by atoms with van der Waals surface area (Å²) in [6.07, 6.45) is -1.25. The molecule has 0 aromatic carbocycles. The molecule has 0 saturated carbocycles. The lowest BCUT2D eigenvalue weighted by Gasteiger charge is -2.24. The van der Waals surface area contributed by atoms with Crippen molar-refractivity contribution < 1.29 is 29.4 Å². The van der Waals surface area contributed by atoms with E-state index < -0.39 is 54.0 Å². The summed E-state index contributed by atoms with van der Waals surface area (Å²) in [7, 11) is 0. The summed E-state index contributed by atoms with van der Waals surface area (Å²) in [5.74, 6) is -3.62. The zero-order valence-corrected chi connectivity index (χ0v) is 15.6. The Labute approximate surface area is 156 Å². The van der Waals surface area contributed by atoms with E-state index >= 15 is 0 Å². The second-order valence-electron chi connectivity index (χ2n) is 5.33. The summed E-state index contributed by atoms with van der Waals surface area (Å²) < 4.78 is 0. The summed E-state index contributed by atoms with van der Waals surface area (Å²) in [6.45, 7) is 2.61. The van der Waals surface area contributed by atoms with Crippen LogP contribution in [0.1, 0.15) is 13.8 Å². The molecule has 0 heterocycles. The van der Waals surface area contributed by atoms with Gasteiger partial charge >= 0.3 is 5.97 Å². The Kier molecular flexibility index (Phi) is 10.5. The van der Waals surface area contributed by atoms with Crippen LogP contribution >= 0.6 is 25.3 Å². The summed E-state index contributed by atoms with van der Waals surface area (Å²) in [5.41, 5.74) is 5.48. The normalized spacial score (nSPS) is 16.7. The number of rotatable bonds is 10. The van der Waals surface area contributed by atoms with Gasteiger partial charge in [0.15, 0.2) is 0 Å². The van der Waals surface area contributed by atoms with E-state index in [0.717, 1.165) is 0 Å². The Morgan fingerprint density at radius 3 is 1.92 bits per heavy atom. The van der Waals surface area contributed by atoms with Crippen molar-refractivity contribution in [3.63, 3.8) is 0 Å². The maximum atomic E-state index is 12.2. The summed E-state index contributed by atoms with van der Waals surface area (Å²) in [5, 5.41) is 25.3. The fourth-order valence-corrected chi connectivity index (χ4v) is 2.01. The number of amides is 3. The second-order valence-corrected chi connectivity index (χ2v) is 6.06. The highest BCUT2D eigenvalue weighted by Crippen LogP contribution is 1.98. The van der Waals surface area contributed by atoms with Gasteiger partial charge in [-0.15, -0.1) is 0 Å². The van der Waals surface area contributed by atoms with Crippen LogP contribution in [0.15, 0.2) is 0 Å². The number of aliphatic carboxylic acids is 1. The third-order valence-electron chi connectivity index (χ3n) is 3.15. The van der Waals surface area contributed by atoms with Gasteiger partial charge in [-0.05, 0) is 13.8 Å². The predicted octanol–water partition coefficient (Wildman–Crippen LogP) is -2.89. The van der Waals surface area contributed by atoms with Crippen LogP contribution in [0.4, 0.5) is 0 Å². The summed E-state index contributed by atoms with van der Waals surface area (Å²) in [6, 6.07) is -4.62. The number of carboxylic acids is 1. The molecule has 12 heteroatoms. The van der Waals surface area contributed by atoms with E-state index in [2.05, 4.69) is 41.2 Å². The molecule has 5 atom stereocenters. The van der Waals surface area contributed by atoms with Crippen molar-refractivity contribution in [2.45, 2.75) is 44.1 Å². The molecule has 144 valence electrons. The molecule has 0 aliphatic heterocycles.